The van der Waals surface area contributed by atoms with Gasteiger partial charge in [0.1, 0.15) is 6.07 Å². The summed E-state index contributed by atoms with van der Waals surface area (Å²) in [6, 6.07) is 18.6. The van der Waals surface area contributed by atoms with Crippen molar-refractivity contribution in [3.63, 3.8) is 0 Å². The quantitative estimate of drug-likeness (QED) is 0.527. The standard InChI is InChI=1S/C22H18N2O2S/c1-14-8-9-17(15(2)10-14)20(25)13-27-22-19(12-23)18(11-21(26)24-22)16-6-4-3-5-7-16/h3-11H,13H2,1-2H3,(H,24,26). The number of ketones is 1. The highest BCUT2D eigenvalue weighted by atomic mass is 32.2. The predicted octanol–water partition coefficient (Wildman–Crippen LogP) is 4.51. The third-order valence-corrected chi connectivity index (χ3v) is 5.24. The number of aromatic amines is 1. The molecule has 0 bridgehead atoms. The number of aryl methyl sites for hydroxylation is 2. The number of carbonyl (C=O) groups is 1. The molecule has 27 heavy (non-hydrogen) atoms. The lowest BCUT2D eigenvalue weighted by Gasteiger charge is -2.10. The van der Waals surface area contributed by atoms with Crippen LogP contribution in [-0.4, -0.2) is 16.5 Å². The molecule has 134 valence electrons. The topological polar surface area (TPSA) is 73.7 Å². The first-order valence-electron chi connectivity index (χ1n) is 8.45. The first-order chi connectivity index (χ1) is 13.0. The zero-order valence-corrected chi connectivity index (χ0v) is 15.9. The predicted molar refractivity (Wildman–Crippen MR) is 108 cm³/mol. The van der Waals surface area contributed by atoms with Crippen LogP contribution in [0, 0.1) is 25.2 Å². The van der Waals surface area contributed by atoms with Crippen molar-refractivity contribution in [2.45, 2.75) is 18.9 Å². The van der Waals surface area contributed by atoms with E-state index < -0.39 is 0 Å². The van der Waals surface area contributed by atoms with Crippen LogP contribution in [-0.2, 0) is 0 Å². The minimum absolute atomic E-state index is 0.0349. The summed E-state index contributed by atoms with van der Waals surface area (Å²) >= 11 is 1.18. The van der Waals surface area contributed by atoms with Crippen molar-refractivity contribution in [2.24, 2.45) is 0 Å². The summed E-state index contributed by atoms with van der Waals surface area (Å²) in [5.74, 6) is 0.111. The summed E-state index contributed by atoms with van der Waals surface area (Å²) in [6.07, 6.45) is 0. The van der Waals surface area contributed by atoms with E-state index in [1.54, 1.807) is 0 Å². The Hall–Kier alpha value is -3.10. The van der Waals surface area contributed by atoms with Gasteiger partial charge in [-0.15, -0.1) is 0 Å². The maximum absolute atomic E-state index is 12.6. The maximum atomic E-state index is 12.6. The fourth-order valence-electron chi connectivity index (χ4n) is 2.94. The van der Waals surface area contributed by atoms with Gasteiger partial charge >= 0.3 is 0 Å². The third kappa shape index (κ3) is 4.18. The summed E-state index contributed by atoms with van der Waals surface area (Å²) in [5.41, 5.74) is 4.13. The van der Waals surface area contributed by atoms with E-state index in [0.29, 0.717) is 21.7 Å². The van der Waals surface area contributed by atoms with Gasteiger partial charge in [0.25, 0.3) is 0 Å². The van der Waals surface area contributed by atoms with Gasteiger partial charge in [0.2, 0.25) is 5.56 Å². The van der Waals surface area contributed by atoms with Crippen LogP contribution in [0.2, 0.25) is 0 Å². The van der Waals surface area contributed by atoms with Crippen LogP contribution >= 0.6 is 11.8 Å². The highest BCUT2D eigenvalue weighted by Crippen LogP contribution is 2.29. The molecule has 1 aromatic heterocycles. The second kappa shape index (κ2) is 8.07. The summed E-state index contributed by atoms with van der Waals surface area (Å²) in [5, 5.41) is 10.1. The Bertz CT molecular complexity index is 1100. The van der Waals surface area contributed by atoms with Crippen molar-refractivity contribution in [3.05, 3.63) is 87.2 Å². The molecule has 0 saturated carbocycles. The Labute approximate surface area is 161 Å². The van der Waals surface area contributed by atoms with Crippen molar-refractivity contribution in [1.82, 2.24) is 4.98 Å². The van der Waals surface area contributed by atoms with E-state index in [2.05, 4.69) is 11.1 Å². The molecule has 0 spiro atoms. The maximum Gasteiger partial charge on any atom is 0.249 e. The van der Waals surface area contributed by atoms with Crippen LogP contribution in [0.4, 0.5) is 0 Å². The number of nitrogens with one attached hydrogen (secondary N) is 1. The number of hydrogen-bond acceptors (Lipinski definition) is 4. The molecule has 4 nitrogen and oxygen atoms in total. The van der Waals surface area contributed by atoms with Crippen LogP contribution in [0.3, 0.4) is 0 Å². The molecular weight excluding hydrogens is 356 g/mol. The number of benzene rings is 2. The molecule has 3 aromatic rings. The molecule has 3 rings (SSSR count). The lowest BCUT2D eigenvalue weighted by atomic mass is 10.0. The first kappa shape index (κ1) is 18.7. The van der Waals surface area contributed by atoms with Gasteiger partial charge in [0, 0.05) is 17.2 Å². The van der Waals surface area contributed by atoms with Gasteiger partial charge in [0.15, 0.2) is 5.78 Å². The van der Waals surface area contributed by atoms with E-state index in [0.717, 1.165) is 16.7 Å². The van der Waals surface area contributed by atoms with Crippen molar-refractivity contribution < 1.29 is 4.79 Å². The summed E-state index contributed by atoms with van der Waals surface area (Å²) in [4.78, 5) is 27.4. The average Bonchev–Trinajstić information content (AvgIpc) is 2.66. The van der Waals surface area contributed by atoms with Crippen molar-refractivity contribution in [1.29, 1.82) is 5.26 Å². The zero-order chi connectivity index (χ0) is 19.4. The molecule has 0 aliphatic carbocycles. The lowest BCUT2D eigenvalue weighted by Crippen LogP contribution is -2.10. The number of carbonyl (C=O) groups excluding carboxylic acids is 1. The van der Waals surface area contributed by atoms with Gasteiger partial charge in [-0.3, -0.25) is 9.59 Å². The fraction of sp³-hybridized carbons (Fsp3) is 0.136. The number of nitrogens with zero attached hydrogens (tertiary/aromatic N) is 1. The molecule has 0 fully saturated rings. The molecule has 0 aliphatic rings. The van der Waals surface area contributed by atoms with Gasteiger partial charge in [-0.05, 0) is 25.0 Å². The fourth-order valence-corrected chi connectivity index (χ4v) is 3.85. The monoisotopic (exact) mass is 374 g/mol. The van der Waals surface area contributed by atoms with E-state index in [-0.39, 0.29) is 17.1 Å². The molecule has 1 N–H and O–H groups in total. The smallest absolute Gasteiger partial charge is 0.249 e. The van der Waals surface area contributed by atoms with E-state index in [4.69, 9.17) is 0 Å². The van der Waals surface area contributed by atoms with Gasteiger partial charge in [-0.25, -0.2) is 0 Å². The van der Waals surface area contributed by atoms with Crippen LogP contribution in [0.1, 0.15) is 27.0 Å². The van der Waals surface area contributed by atoms with Gasteiger partial charge in [0.05, 0.1) is 16.3 Å². The second-order valence-corrected chi connectivity index (χ2v) is 7.25. The van der Waals surface area contributed by atoms with Crippen LogP contribution < -0.4 is 5.56 Å². The zero-order valence-electron chi connectivity index (χ0n) is 15.1. The minimum Gasteiger partial charge on any atom is -0.316 e. The highest BCUT2D eigenvalue weighted by molar-refractivity contribution is 8.00. The number of rotatable bonds is 5. The average molecular weight is 374 g/mol. The molecular formula is C22H18N2O2S. The first-order valence-corrected chi connectivity index (χ1v) is 9.44. The molecule has 2 aromatic carbocycles. The normalized spacial score (nSPS) is 10.4. The number of H-pyrrole nitrogens is 1. The lowest BCUT2D eigenvalue weighted by molar-refractivity contribution is 0.102. The number of pyridine rings is 1. The van der Waals surface area contributed by atoms with E-state index in [9.17, 15) is 14.9 Å². The van der Waals surface area contributed by atoms with E-state index in [1.165, 1.54) is 17.8 Å². The van der Waals surface area contributed by atoms with E-state index in [1.807, 2.05) is 62.4 Å². The SMILES string of the molecule is Cc1ccc(C(=O)CSc2[nH]c(=O)cc(-c3ccccc3)c2C#N)c(C)c1. The van der Waals surface area contributed by atoms with E-state index >= 15 is 0 Å². The molecule has 0 saturated heterocycles. The Kier molecular flexibility index (Phi) is 5.58. The van der Waals surface area contributed by atoms with Gasteiger partial charge < -0.3 is 4.98 Å². The Morgan fingerprint density at radius 1 is 1.11 bits per heavy atom. The Morgan fingerprint density at radius 3 is 2.52 bits per heavy atom. The minimum atomic E-state index is -0.297. The van der Waals surface area contributed by atoms with Gasteiger partial charge in [-0.2, -0.15) is 5.26 Å². The van der Waals surface area contributed by atoms with Crippen LogP contribution in [0.15, 0.2) is 64.4 Å². The van der Waals surface area contributed by atoms with Crippen molar-refractivity contribution in [2.75, 3.05) is 5.75 Å². The summed E-state index contributed by atoms with van der Waals surface area (Å²) < 4.78 is 0. The highest BCUT2D eigenvalue weighted by Gasteiger charge is 2.16. The van der Waals surface area contributed by atoms with Crippen molar-refractivity contribution >= 4 is 17.5 Å². The largest absolute Gasteiger partial charge is 0.316 e. The number of hydrogen-bond donors (Lipinski definition) is 1. The Balaban J connectivity index is 1.91. The Morgan fingerprint density at radius 2 is 1.85 bits per heavy atom. The molecule has 0 radical (unpaired) electrons. The molecule has 5 heteroatoms. The third-order valence-electron chi connectivity index (χ3n) is 4.24. The summed E-state index contributed by atoms with van der Waals surface area (Å²) in [7, 11) is 0. The number of thioether (sulfide) groups is 1. The summed E-state index contributed by atoms with van der Waals surface area (Å²) in [6.45, 7) is 3.89. The molecule has 0 atom stereocenters. The second-order valence-electron chi connectivity index (χ2n) is 6.26. The van der Waals surface area contributed by atoms with Crippen LogP contribution in [0.25, 0.3) is 11.1 Å². The van der Waals surface area contributed by atoms with Crippen molar-refractivity contribution in [3.8, 4) is 17.2 Å². The molecule has 1 heterocycles. The molecule has 0 unspecified atom stereocenters. The molecule has 0 amide bonds. The number of Topliss-reactive ketones (excluding diaryl/α,β-unsaturated/α-hetero) is 1. The molecule has 0 aliphatic heterocycles. The number of nitriles is 1. The van der Waals surface area contributed by atoms with Crippen LogP contribution in [0.5, 0.6) is 0 Å². The number of aromatic nitrogens is 1. The van der Waals surface area contributed by atoms with Gasteiger partial charge in [-0.1, -0.05) is 65.9 Å².